The van der Waals surface area contributed by atoms with Gasteiger partial charge in [0.1, 0.15) is 12.4 Å². The lowest BCUT2D eigenvalue weighted by molar-refractivity contribution is -0.384. The average molecular weight is 563 g/mol. The van der Waals surface area contributed by atoms with Crippen LogP contribution in [0.4, 0.5) is 5.69 Å². The second-order valence-electron chi connectivity index (χ2n) is 12.3. The predicted molar refractivity (Wildman–Crippen MR) is 150 cm³/mol. The normalized spacial score (nSPS) is 26.5. The maximum absolute atomic E-state index is 13.4. The third kappa shape index (κ3) is 5.73. The first-order valence-electron chi connectivity index (χ1n) is 14.4. The van der Waals surface area contributed by atoms with Crippen LogP contribution in [-0.2, 0) is 33.5 Å². The van der Waals surface area contributed by atoms with Crippen LogP contribution in [0.3, 0.4) is 0 Å². The molecule has 1 aromatic carbocycles. The van der Waals surface area contributed by atoms with E-state index < -0.39 is 12.0 Å². The van der Waals surface area contributed by atoms with Crippen molar-refractivity contribution in [1.82, 2.24) is 20.1 Å². The van der Waals surface area contributed by atoms with Crippen molar-refractivity contribution in [3.8, 4) is 6.07 Å². The Kier molecular flexibility index (Phi) is 8.19. The molecule has 41 heavy (non-hydrogen) atoms. The van der Waals surface area contributed by atoms with E-state index in [1.165, 1.54) is 16.8 Å². The van der Waals surface area contributed by atoms with E-state index in [-0.39, 0.29) is 54.0 Å². The van der Waals surface area contributed by atoms with Gasteiger partial charge in [-0.3, -0.25) is 14.9 Å². The highest BCUT2D eigenvalue weighted by Gasteiger charge is 2.68. The zero-order valence-corrected chi connectivity index (χ0v) is 23.9. The Morgan fingerprint density at radius 1 is 1.37 bits per heavy atom. The lowest BCUT2D eigenvalue weighted by atomic mass is 9.43. The molecule has 12 nitrogen and oxygen atoms in total. The van der Waals surface area contributed by atoms with Crippen molar-refractivity contribution in [2.75, 3.05) is 6.54 Å². The molecule has 0 radical (unpaired) electrons. The van der Waals surface area contributed by atoms with Gasteiger partial charge in [-0.2, -0.15) is 10.4 Å². The average Bonchev–Trinajstić information content (AvgIpc) is 3.47. The van der Waals surface area contributed by atoms with Crippen molar-refractivity contribution < 1.29 is 19.0 Å². The number of nitrogens with zero attached hydrogens (tertiary/aromatic N) is 5. The summed E-state index contributed by atoms with van der Waals surface area (Å²) < 4.78 is 14.6. The van der Waals surface area contributed by atoms with Gasteiger partial charge in [0.15, 0.2) is 5.82 Å². The molecule has 1 saturated heterocycles. The second-order valence-corrected chi connectivity index (χ2v) is 12.3. The molecule has 0 unspecified atom stereocenters. The Balaban J connectivity index is 1.31. The first-order valence-corrected chi connectivity index (χ1v) is 14.4. The molecular formula is C28H38BN7O5. The van der Waals surface area contributed by atoms with Gasteiger partial charge in [-0.1, -0.05) is 32.4 Å². The van der Waals surface area contributed by atoms with Crippen LogP contribution >= 0.6 is 0 Å². The highest BCUT2D eigenvalue weighted by molar-refractivity contribution is 6.47. The highest BCUT2D eigenvalue weighted by Crippen LogP contribution is 2.65. The number of nitrogens with two attached hydrogens (primary N) is 1. The SMILES string of the molecule is CC1(C)[C@@H]2C[C@H]3OB([C@H](CCCCN)NC(=O)Cn4nc(CC#N)nc4Cc4cccc([N+](=O)[O-])c4)O[C@@]3(C)[C@H]1C2. The largest absolute Gasteiger partial charge is 0.481 e. The number of nitriles is 1. The molecule has 4 aliphatic rings. The van der Waals surface area contributed by atoms with E-state index in [0.29, 0.717) is 42.0 Å². The summed E-state index contributed by atoms with van der Waals surface area (Å²) in [4.78, 5) is 28.6. The molecule has 5 atom stereocenters. The summed E-state index contributed by atoms with van der Waals surface area (Å²) in [6.45, 7) is 7.22. The van der Waals surface area contributed by atoms with Gasteiger partial charge in [0.2, 0.25) is 5.91 Å². The number of nitro groups is 1. The van der Waals surface area contributed by atoms with E-state index in [1.807, 2.05) is 6.07 Å². The fourth-order valence-electron chi connectivity index (χ4n) is 7.04. The van der Waals surface area contributed by atoms with E-state index in [4.69, 9.17) is 20.3 Å². The van der Waals surface area contributed by atoms with Crippen molar-refractivity contribution in [3.63, 3.8) is 0 Å². The quantitative estimate of drug-likeness (QED) is 0.170. The van der Waals surface area contributed by atoms with Crippen LogP contribution in [-0.4, -0.2) is 56.9 Å². The minimum atomic E-state index is -0.559. The van der Waals surface area contributed by atoms with Crippen molar-refractivity contribution in [1.29, 1.82) is 5.26 Å². The Morgan fingerprint density at radius 3 is 2.88 bits per heavy atom. The van der Waals surface area contributed by atoms with Crippen molar-refractivity contribution in [2.24, 2.45) is 23.0 Å². The number of nitro benzene ring substituents is 1. The maximum atomic E-state index is 13.4. The first-order chi connectivity index (χ1) is 19.5. The lowest BCUT2D eigenvalue weighted by Gasteiger charge is -2.64. The van der Waals surface area contributed by atoms with E-state index in [0.717, 1.165) is 25.7 Å². The topological polar surface area (TPSA) is 171 Å². The Hall–Kier alpha value is -3.34. The van der Waals surface area contributed by atoms with Gasteiger partial charge in [0, 0.05) is 18.6 Å². The van der Waals surface area contributed by atoms with E-state index in [1.54, 1.807) is 12.1 Å². The van der Waals surface area contributed by atoms with Gasteiger partial charge in [-0.25, -0.2) is 9.67 Å². The second kappa shape index (κ2) is 11.5. The minimum absolute atomic E-state index is 0.00331. The molecule has 2 bridgehead atoms. The van der Waals surface area contributed by atoms with Crippen LogP contribution in [0.5, 0.6) is 0 Å². The van der Waals surface area contributed by atoms with Crippen LogP contribution in [0, 0.1) is 38.7 Å². The number of non-ortho nitro benzene ring substituents is 1. The zero-order chi connectivity index (χ0) is 29.4. The molecule has 2 aromatic rings. The molecule has 4 fully saturated rings. The van der Waals surface area contributed by atoms with Gasteiger partial charge in [-0.15, -0.1) is 0 Å². The smallest absolute Gasteiger partial charge is 0.404 e. The number of hydrogen-bond acceptors (Lipinski definition) is 9. The summed E-state index contributed by atoms with van der Waals surface area (Å²) in [6.07, 6.45) is 4.62. The van der Waals surface area contributed by atoms with Gasteiger partial charge in [-0.05, 0) is 62.0 Å². The molecule has 0 spiro atoms. The standard InChI is InChI=1S/C28H38BN7O5/c1-27(2)19-15-21(27)28(3)22(16-19)40-29(41-28)23(9-4-5-11-30)32-26(37)17-35-25(33-24(34-35)10-12-31)14-18-7-6-8-20(13-18)36(38)39/h6-8,13,19,21-23H,4-5,9-11,14-17,30H2,1-3H3,(H,32,37)/t19-,21-,22+,23-,28-/m0/s1. The Morgan fingerprint density at radius 2 is 2.17 bits per heavy atom. The Bertz CT molecular complexity index is 1340. The number of aromatic nitrogens is 3. The van der Waals surface area contributed by atoms with Gasteiger partial charge in [0.25, 0.3) is 5.69 Å². The number of benzene rings is 1. The number of amides is 1. The number of rotatable bonds is 12. The van der Waals surface area contributed by atoms with Gasteiger partial charge in [0.05, 0.1) is 35.1 Å². The monoisotopic (exact) mass is 563 g/mol. The number of carbonyl (C=O) groups is 1. The lowest BCUT2D eigenvalue weighted by Crippen LogP contribution is -2.65. The van der Waals surface area contributed by atoms with Crippen LogP contribution in [0.25, 0.3) is 0 Å². The molecule has 3 saturated carbocycles. The van der Waals surface area contributed by atoms with Crippen molar-refractivity contribution >= 4 is 18.7 Å². The summed E-state index contributed by atoms with van der Waals surface area (Å²) in [5.41, 5.74) is 6.20. The molecule has 2 heterocycles. The molecule has 3 aliphatic carbocycles. The number of carbonyl (C=O) groups excluding carboxylic acids is 1. The van der Waals surface area contributed by atoms with Gasteiger partial charge >= 0.3 is 7.12 Å². The number of unbranched alkanes of at least 4 members (excludes halogenated alkanes) is 1. The zero-order valence-electron chi connectivity index (χ0n) is 23.9. The Labute approximate surface area is 240 Å². The summed E-state index contributed by atoms with van der Waals surface area (Å²) in [5, 5.41) is 27.9. The molecule has 218 valence electrons. The predicted octanol–water partition coefficient (Wildman–Crippen LogP) is 2.72. The maximum Gasteiger partial charge on any atom is 0.481 e. The molecular weight excluding hydrogens is 525 g/mol. The fraction of sp³-hybridized carbons (Fsp3) is 0.643. The molecule has 1 aromatic heterocycles. The minimum Gasteiger partial charge on any atom is -0.404 e. The summed E-state index contributed by atoms with van der Waals surface area (Å²) >= 11 is 0. The van der Waals surface area contributed by atoms with Gasteiger partial charge < -0.3 is 20.4 Å². The third-order valence-electron chi connectivity index (χ3n) is 9.42. The number of hydrogen-bond donors (Lipinski definition) is 2. The van der Waals surface area contributed by atoms with E-state index >= 15 is 0 Å². The van der Waals surface area contributed by atoms with Crippen molar-refractivity contribution in [3.05, 3.63) is 51.6 Å². The van der Waals surface area contributed by atoms with Crippen LogP contribution in [0.1, 0.15) is 70.1 Å². The summed E-state index contributed by atoms with van der Waals surface area (Å²) in [6, 6.07) is 8.28. The number of nitrogens with one attached hydrogen (secondary N) is 1. The molecule has 1 amide bonds. The van der Waals surface area contributed by atoms with Crippen molar-refractivity contribution in [2.45, 2.75) is 89.9 Å². The van der Waals surface area contributed by atoms with Crippen LogP contribution in [0.15, 0.2) is 24.3 Å². The summed E-state index contributed by atoms with van der Waals surface area (Å²) in [5.74, 6) is 1.12. The summed E-state index contributed by atoms with van der Waals surface area (Å²) in [7, 11) is -0.559. The molecule has 3 N–H and O–H groups in total. The fourth-order valence-corrected chi connectivity index (χ4v) is 7.04. The molecule has 1 aliphatic heterocycles. The first kappa shape index (κ1) is 29.2. The van der Waals surface area contributed by atoms with E-state index in [9.17, 15) is 14.9 Å². The third-order valence-corrected chi connectivity index (χ3v) is 9.42. The van der Waals surface area contributed by atoms with Crippen LogP contribution in [0.2, 0.25) is 0 Å². The molecule has 6 rings (SSSR count). The molecule has 13 heteroatoms. The van der Waals surface area contributed by atoms with E-state index in [2.05, 4.69) is 36.2 Å². The highest BCUT2D eigenvalue weighted by atomic mass is 16.7. The van der Waals surface area contributed by atoms with Crippen LogP contribution < -0.4 is 11.1 Å².